The molecule has 0 radical (unpaired) electrons. The fourth-order valence-electron chi connectivity index (χ4n) is 1.65. The molecule has 0 heterocycles. The molecule has 0 saturated heterocycles. The van der Waals surface area contributed by atoms with Gasteiger partial charge in [-0.15, -0.1) is 0 Å². The minimum absolute atomic E-state index is 0.0298. The molecule has 0 amide bonds. The van der Waals surface area contributed by atoms with Crippen molar-refractivity contribution in [3.05, 3.63) is 33.9 Å². The number of rotatable bonds is 6. The summed E-state index contributed by atoms with van der Waals surface area (Å²) in [7, 11) is 3.15. The quantitative estimate of drug-likeness (QED) is 0.629. The smallest absolute Gasteiger partial charge is 0.292 e. The SMILES string of the molecule is CNc1cc(CN(C)CC(F)F)ccc1[N+](=O)[O-]. The average Bonchev–Trinajstić information content (AvgIpc) is 2.27. The topological polar surface area (TPSA) is 58.4 Å². The van der Waals surface area contributed by atoms with Crippen molar-refractivity contribution >= 4 is 11.4 Å². The highest BCUT2D eigenvalue weighted by Crippen LogP contribution is 2.25. The highest BCUT2D eigenvalue weighted by Gasteiger charge is 2.14. The number of hydrogen-bond donors (Lipinski definition) is 1. The van der Waals surface area contributed by atoms with Crippen LogP contribution >= 0.6 is 0 Å². The fraction of sp³-hybridized carbons (Fsp3) is 0.455. The van der Waals surface area contributed by atoms with Crippen LogP contribution in [0.15, 0.2) is 18.2 Å². The zero-order chi connectivity index (χ0) is 13.7. The molecular formula is C11H15F2N3O2. The Morgan fingerprint density at radius 1 is 1.50 bits per heavy atom. The van der Waals surface area contributed by atoms with E-state index in [1.807, 2.05) is 0 Å². The van der Waals surface area contributed by atoms with E-state index in [4.69, 9.17) is 0 Å². The standard InChI is InChI=1S/C11H15F2N3O2/c1-14-9-5-8(3-4-10(9)16(17)18)6-15(2)7-11(12)13/h3-5,11,14H,6-7H2,1-2H3. The van der Waals surface area contributed by atoms with E-state index in [1.165, 1.54) is 11.0 Å². The molecule has 0 atom stereocenters. The molecule has 0 saturated carbocycles. The van der Waals surface area contributed by atoms with E-state index in [-0.39, 0.29) is 12.2 Å². The van der Waals surface area contributed by atoms with Gasteiger partial charge in [0.2, 0.25) is 0 Å². The number of nitro groups is 1. The van der Waals surface area contributed by atoms with Gasteiger partial charge in [-0.2, -0.15) is 0 Å². The van der Waals surface area contributed by atoms with E-state index in [9.17, 15) is 18.9 Å². The predicted octanol–water partition coefficient (Wildman–Crippen LogP) is 2.33. The summed E-state index contributed by atoms with van der Waals surface area (Å²) in [5, 5.41) is 13.4. The molecule has 0 spiro atoms. The van der Waals surface area contributed by atoms with Crippen molar-refractivity contribution in [1.29, 1.82) is 0 Å². The molecule has 1 aromatic carbocycles. The number of hydrogen-bond acceptors (Lipinski definition) is 4. The Labute approximate surface area is 104 Å². The Morgan fingerprint density at radius 3 is 2.67 bits per heavy atom. The first-order chi connectivity index (χ1) is 8.43. The van der Waals surface area contributed by atoms with Gasteiger partial charge in [0, 0.05) is 19.7 Å². The minimum Gasteiger partial charge on any atom is -0.383 e. The summed E-state index contributed by atoms with van der Waals surface area (Å²) >= 11 is 0. The summed E-state index contributed by atoms with van der Waals surface area (Å²) in [6.45, 7) is -0.0110. The summed E-state index contributed by atoms with van der Waals surface area (Å²) in [5.74, 6) is 0. The molecule has 0 aromatic heterocycles. The largest absolute Gasteiger partial charge is 0.383 e. The Kier molecular flexibility index (Phi) is 4.96. The molecule has 0 aliphatic heterocycles. The number of benzene rings is 1. The number of nitro benzene ring substituents is 1. The summed E-state index contributed by atoms with van der Waals surface area (Å²) < 4.78 is 24.3. The van der Waals surface area contributed by atoms with Crippen LogP contribution in [0.2, 0.25) is 0 Å². The van der Waals surface area contributed by atoms with Crippen LogP contribution in [0.4, 0.5) is 20.2 Å². The molecule has 1 rings (SSSR count). The number of alkyl halides is 2. The van der Waals surface area contributed by atoms with Gasteiger partial charge < -0.3 is 5.32 Å². The van der Waals surface area contributed by atoms with Crippen molar-refractivity contribution in [2.45, 2.75) is 13.0 Å². The maximum atomic E-state index is 12.2. The van der Waals surface area contributed by atoms with Crippen LogP contribution in [-0.4, -0.2) is 36.9 Å². The molecule has 5 nitrogen and oxygen atoms in total. The molecule has 7 heteroatoms. The molecule has 0 aliphatic rings. The van der Waals surface area contributed by atoms with Crippen molar-refractivity contribution in [2.75, 3.05) is 26.0 Å². The second kappa shape index (κ2) is 6.25. The Morgan fingerprint density at radius 2 is 2.17 bits per heavy atom. The molecule has 0 fully saturated rings. The molecule has 1 N–H and O–H groups in total. The lowest BCUT2D eigenvalue weighted by molar-refractivity contribution is -0.384. The van der Waals surface area contributed by atoms with Crippen LogP contribution in [0, 0.1) is 10.1 Å². The lowest BCUT2D eigenvalue weighted by Crippen LogP contribution is -2.24. The number of nitrogens with one attached hydrogen (secondary N) is 1. The van der Waals surface area contributed by atoms with Gasteiger partial charge >= 0.3 is 0 Å². The molecule has 18 heavy (non-hydrogen) atoms. The van der Waals surface area contributed by atoms with Gasteiger partial charge in [-0.1, -0.05) is 6.07 Å². The molecule has 0 unspecified atom stereocenters. The van der Waals surface area contributed by atoms with Crippen LogP contribution in [0.3, 0.4) is 0 Å². The Balaban J connectivity index is 2.82. The van der Waals surface area contributed by atoms with Gasteiger partial charge in [-0.25, -0.2) is 8.78 Å². The van der Waals surface area contributed by atoms with E-state index in [0.717, 1.165) is 5.56 Å². The molecule has 0 aliphatic carbocycles. The van der Waals surface area contributed by atoms with Gasteiger partial charge in [0.25, 0.3) is 12.1 Å². The van der Waals surface area contributed by atoms with Crippen molar-refractivity contribution in [2.24, 2.45) is 0 Å². The van der Waals surface area contributed by atoms with Gasteiger partial charge in [0.15, 0.2) is 0 Å². The first-order valence-electron chi connectivity index (χ1n) is 5.35. The zero-order valence-electron chi connectivity index (χ0n) is 10.2. The van der Waals surface area contributed by atoms with Crippen LogP contribution in [-0.2, 0) is 6.54 Å². The van der Waals surface area contributed by atoms with E-state index >= 15 is 0 Å². The minimum atomic E-state index is -2.39. The van der Waals surface area contributed by atoms with Crippen molar-refractivity contribution in [3.8, 4) is 0 Å². The fourth-order valence-corrected chi connectivity index (χ4v) is 1.65. The summed E-state index contributed by atoms with van der Waals surface area (Å²) in [6, 6.07) is 4.54. The number of halogens is 2. The van der Waals surface area contributed by atoms with E-state index in [2.05, 4.69) is 5.32 Å². The highest BCUT2D eigenvalue weighted by molar-refractivity contribution is 5.62. The van der Waals surface area contributed by atoms with Gasteiger partial charge in [-0.3, -0.25) is 15.0 Å². The van der Waals surface area contributed by atoms with Gasteiger partial charge in [-0.05, 0) is 18.7 Å². The van der Waals surface area contributed by atoms with Crippen molar-refractivity contribution < 1.29 is 13.7 Å². The zero-order valence-corrected chi connectivity index (χ0v) is 10.2. The first-order valence-corrected chi connectivity index (χ1v) is 5.35. The third-order valence-electron chi connectivity index (χ3n) is 2.43. The summed E-state index contributed by atoms with van der Waals surface area (Å²) in [6.07, 6.45) is -2.39. The lowest BCUT2D eigenvalue weighted by Gasteiger charge is -2.16. The normalized spacial score (nSPS) is 11.0. The molecule has 1 aromatic rings. The second-order valence-electron chi connectivity index (χ2n) is 3.95. The Bertz CT molecular complexity index is 427. The lowest BCUT2D eigenvalue weighted by atomic mass is 10.1. The maximum absolute atomic E-state index is 12.2. The molecule has 0 bridgehead atoms. The third kappa shape index (κ3) is 3.92. The average molecular weight is 259 g/mol. The highest BCUT2D eigenvalue weighted by atomic mass is 19.3. The van der Waals surface area contributed by atoms with E-state index < -0.39 is 11.3 Å². The van der Waals surface area contributed by atoms with Crippen molar-refractivity contribution in [1.82, 2.24) is 4.90 Å². The maximum Gasteiger partial charge on any atom is 0.292 e. The second-order valence-corrected chi connectivity index (χ2v) is 3.95. The van der Waals surface area contributed by atoms with Crippen LogP contribution in [0.25, 0.3) is 0 Å². The van der Waals surface area contributed by atoms with Gasteiger partial charge in [0.1, 0.15) is 5.69 Å². The predicted molar refractivity (Wildman–Crippen MR) is 65.0 cm³/mol. The number of nitrogens with zero attached hydrogens (tertiary/aromatic N) is 2. The summed E-state index contributed by atoms with van der Waals surface area (Å²) in [4.78, 5) is 11.7. The van der Waals surface area contributed by atoms with Crippen LogP contribution in [0.5, 0.6) is 0 Å². The molecular weight excluding hydrogens is 244 g/mol. The number of anilines is 1. The summed E-state index contributed by atoms with van der Waals surface area (Å²) in [5.41, 5.74) is 1.09. The third-order valence-corrected chi connectivity index (χ3v) is 2.43. The monoisotopic (exact) mass is 259 g/mol. The first kappa shape index (κ1) is 14.3. The van der Waals surface area contributed by atoms with E-state index in [1.54, 1.807) is 26.2 Å². The van der Waals surface area contributed by atoms with Crippen molar-refractivity contribution in [3.63, 3.8) is 0 Å². The van der Waals surface area contributed by atoms with Crippen LogP contribution in [0.1, 0.15) is 5.56 Å². The Hall–Kier alpha value is -1.76. The van der Waals surface area contributed by atoms with E-state index in [0.29, 0.717) is 12.2 Å². The van der Waals surface area contributed by atoms with Gasteiger partial charge in [0.05, 0.1) is 11.5 Å². The molecule has 100 valence electrons. The van der Waals surface area contributed by atoms with Crippen LogP contribution < -0.4 is 5.32 Å².